The summed E-state index contributed by atoms with van der Waals surface area (Å²) in [5, 5.41) is 11.5. The van der Waals surface area contributed by atoms with Gasteiger partial charge in [0.1, 0.15) is 5.76 Å². The molecule has 1 atom stereocenters. The highest BCUT2D eigenvalue weighted by molar-refractivity contribution is 5.92. The van der Waals surface area contributed by atoms with Crippen molar-refractivity contribution in [1.29, 1.82) is 0 Å². The van der Waals surface area contributed by atoms with Gasteiger partial charge in [-0.3, -0.25) is 14.3 Å². The average Bonchev–Trinajstić information content (AvgIpc) is 3.40. The third-order valence-corrected chi connectivity index (χ3v) is 7.58. The number of aromatic nitrogens is 3. The molecule has 1 amide bonds. The number of aromatic amines is 1. The van der Waals surface area contributed by atoms with Gasteiger partial charge in [0, 0.05) is 35.9 Å². The molecule has 0 bridgehead atoms. The molecule has 36 heavy (non-hydrogen) atoms. The van der Waals surface area contributed by atoms with E-state index in [1.165, 1.54) is 12.0 Å². The summed E-state index contributed by atoms with van der Waals surface area (Å²) >= 11 is 0. The lowest BCUT2D eigenvalue weighted by atomic mass is 9.69. The van der Waals surface area contributed by atoms with Gasteiger partial charge in [-0.05, 0) is 75.3 Å². The summed E-state index contributed by atoms with van der Waals surface area (Å²) in [5.74, 6) is 2.73. The number of benzene rings is 1. The molecule has 2 aliphatic rings. The molecule has 0 radical (unpaired) electrons. The molecule has 0 aliphatic heterocycles. The van der Waals surface area contributed by atoms with E-state index in [2.05, 4.69) is 34.5 Å². The minimum absolute atomic E-state index is 0.107. The Morgan fingerprint density at radius 3 is 2.56 bits per heavy atom. The maximum atomic E-state index is 13.2. The largest absolute Gasteiger partial charge is 0.438 e. The van der Waals surface area contributed by atoms with Crippen molar-refractivity contribution in [3.63, 3.8) is 0 Å². The summed E-state index contributed by atoms with van der Waals surface area (Å²) in [6.45, 7) is 8.57. The van der Waals surface area contributed by atoms with E-state index in [4.69, 9.17) is 9.05 Å². The highest BCUT2D eigenvalue weighted by atomic mass is 16.5. The highest BCUT2D eigenvalue weighted by Crippen LogP contribution is 2.52. The standard InChI is InChI=1S/C28H36N4O4/c1-15(2)9-18-11-21(12-18)27-25(19-6-7-19)26(32-35-27)20(13-23-30-28(34)36-31-23)14-24(33)29-22-8-5-16(3)10-17(22)4/h5,8,10,15,18-21H,6-7,9,11-14H2,1-4H3,(H,29,33)(H,30,31,34)/t18-,20-,21+/m0/s1. The third-order valence-electron chi connectivity index (χ3n) is 7.58. The molecule has 2 fully saturated rings. The Labute approximate surface area is 211 Å². The SMILES string of the molecule is Cc1ccc(NC(=O)C[C@H](Cc2noc(=O)[nH]2)c2noc([C@H]3C[C@@H](CC(C)C)C3)c2C2CC2)c(C)c1. The van der Waals surface area contributed by atoms with Crippen LogP contribution in [0.15, 0.2) is 32.0 Å². The summed E-state index contributed by atoms with van der Waals surface area (Å²) < 4.78 is 10.7. The van der Waals surface area contributed by atoms with Crippen LogP contribution in [0.25, 0.3) is 0 Å². The van der Waals surface area contributed by atoms with E-state index in [0.29, 0.717) is 30.0 Å². The first-order valence-electron chi connectivity index (χ1n) is 13.2. The normalized spacial score (nSPS) is 20.4. The summed E-state index contributed by atoms with van der Waals surface area (Å²) in [7, 11) is 0. The van der Waals surface area contributed by atoms with Crippen LogP contribution in [0, 0.1) is 25.7 Å². The van der Waals surface area contributed by atoms with Crippen molar-refractivity contribution in [3.8, 4) is 0 Å². The number of aryl methyl sites for hydroxylation is 2. The number of nitrogens with zero attached hydrogens (tertiary/aromatic N) is 2. The predicted octanol–water partition coefficient (Wildman–Crippen LogP) is 5.74. The number of H-pyrrole nitrogens is 1. The topological polar surface area (TPSA) is 114 Å². The van der Waals surface area contributed by atoms with Gasteiger partial charge in [-0.2, -0.15) is 0 Å². The molecule has 2 aromatic heterocycles. The van der Waals surface area contributed by atoms with Crippen molar-refractivity contribution < 1.29 is 13.8 Å². The molecule has 2 saturated carbocycles. The first-order valence-corrected chi connectivity index (χ1v) is 13.2. The van der Waals surface area contributed by atoms with Crippen molar-refractivity contribution in [3.05, 3.63) is 62.7 Å². The summed E-state index contributed by atoms with van der Waals surface area (Å²) in [6.07, 6.45) is 6.31. The highest BCUT2D eigenvalue weighted by Gasteiger charge is 2.41. The van der Waals surface area contributed by atoms with Crippen LogP contribution in [0.3, 0.4) is 0 Å². The van der Waals surface area contributed by atoms with Crippen LogP contribution < -0.4 is 11.1 Å². The molecule has 2 heterocycles. The molecule has 8 heteroatoms. The van der Waals surface area contributed by atoms with Gasteiger partial charge in [0.15, 0.2) is 5.82 Å². The zero-order chi connectivity index (χ0) is 25.4. The quantitative estimate of drug-likeness (QED) is 0.373. The van der Waals surface area contributed by atoms with E-state index in [9.17, 15) is 9.59 Å². The maximum Gasteiger partial charge on any atom is 0.438 e. The van der Waals surface area contributed by atoms with Gasteiger partial charge in [0.2, 0.25) is 5.91 Å². The number of rotatable bonds is 10. The summed E-state index contributed by atoms with van der Waals surface area (Å²) in [5.41, 5.74) is 4.99. The van der Waals surface area contributed by atoms with Crippen molar-refractivity contribution in [2.45, 2.75) is 90.4 Å². The Morgan fingerprint density at radius 2 is 1.92 bits per heavy atom. The first kappa shape index (κ1) is 24.5. The Bertz CT molecular complexity index is 1280. The number of hydrogen-bond donors (Lipinski definition) is 2. The fourth-order valence-electron chi connectivity index (χ4n) is 5.73. The minimum Gasteiger partial charge on any atom is -0.361 e. The maximum absolute atomic E-state index is 13.2. The van der Waals surface area contributed by atoms with E-state index in [1.807, 2.05) is 32.0 Å². The Hall–Kier alpha value is -3.16. The van der Waals surface area contributed by atoms with Gasteiger partial charge in [0.05, 0.1) is 5.69 Å². The number of nitrogens with one attached hydrogen (secondary N) is 2. The van der Waals surface area contributed by atoms with Gasteiger partial charge in [-0.15, -0.1) is 0 Å². The van der Waals surface area contributed by atoms with Gasteiger partial charge in [-0.25, -0.2) is 4.79 Å². The molecule has 0 saturated heterocycles. The second-order valence-electron chi connectivity index (χ2n) is 11.3. The van der Waals surface area contributed by atoms with E-state index >= 15 is 0 Å². The third kappa shape index (κ3) is 5.47. The molecule has 0 spiro atoms. The molecular formula is C28H36N4O4. The minimum atomic E-state index is -0.600. The van der Waals surface area contributed by atoms with Crippen molar-refractivity contribution in [2.75, 3.05) is 5.32 Å². The fraction of sp³-hybridized carbons (Fsp3) is 0.571. The van der Waals surface area contributed by atoms with Crippen molar-refractivity contribution >= 4 is 11.6 Å². The molecule has 8 nitrogen and oxygen atoms in total. The van der Waals surface area contributed by atoms with Gasteiger partial charge in [-0.1, -0.05) is 41.9 Å². The van der Waals surface area contributed by atoms with Gasteiger partial charge in [0.25, 0.3) is 0 Å². The van der Waals surface area contributed by atoms with Gasteiger partial charge < -0.3 is 9.84 Å². The van der Waals surface area contributed by atoms with E-state index in [-0.39, 0.29) is 18.2 Å². The lowest BCUT2D eigenvalue weighted by Crippen LogP contribution is -2.24. The van der Waals surface area contributed by atoms with E-state index in [1.54, 1.807) is 0 Å². The number of carbonyl (C=O) groups excluding carboxylic acids is 1. The second kappa shape index (κ2) is 10.1. The molecule has 192 valence electrons. The van der Waals surface area contributed by atoms with E-state index < -0.39 is 5.76 Å². The van der Waals surface area contributed by atoms with Crippen LogP contribution in [-0.2, 0) is 11.2 Å². The smallest absolute Gasteiger partial charge is 0.361 e. The fourth-order valence-corrected chi connectivity index (χ4v) is 5.73. The molecule has 2 aliphatic carbocycles. The van der Waals surface area contributed by atoms with Crippen LogP contribution >= 0.6 is 0 Å². The molecule has 5 rings (SSSR count). The monoisotopic (exact) mass is 492 g/mol. The average molecular weight is 493 g/mol. The summed E-state index contributed by atoms with van der Waals surface area (Å²) in [6, 6.07) is 5.97. The van der Waals surface area contributed by atoms with E-state index in [0.717, 1.165) is 59.9 Å². The lowest BCUT2D eigenvalue weighted by molar-refractivity contribution is -0.116. The number of hydrogen-bond acceptors (Lipinski definition) is 6. The molecule has 2 N–H and O–H groups in total. The van der Waals surface area contributed by atoms with Crippen LogP contribution in [0.5, 0.6) is 0 Å². The Kier molecular flexibility index (Phi) is 6.86. The molecule has 0 unspecified atom stereocenters. The first-order chi connectivity index (χ1) is 17.3. The number of amides is 1. The van der Waals surface area contributed by atoms with Crippen molar-refractivity contribution in [1.82, 2.24) is 15.3 Å². The summed E-state index contributed by atoms with van der Waals surface area (Å²) in [4.78, 5) is 27.4. The van der Waals surface area contributed by atoms with Crippen LogP contribution in [0.4, 0.5) is 5.69 Å². The Balaban J connectivity index is 1.39. The van der Waals surface area contributed by atoms with Crippen LogP contribution in [0.1, 0.15) is 104 Å². The Morgan fingerprint density at radius 1 is 1.14 bits per heavy atom. The predicted molar refractivity (Wildman–Crippen MR) is 136 cm³/mol. The zero-order valence-electron chi connectivity index (χ0n) is 21.6. The second-order valence-corrected chi connectivity index (χ2v) is 11.3. The van der Waals surface area contributed by atoms with Gasteiger partial charge >= 0.3 is 5.76 Å². The number of anilines is 1. The number of carbonyl (C=O) groups is 1. The molecule has 3 aromatic rings. The van der Waals surface area contributed by atoms with Crippen LogP contribution in [-0.4, -0.2) is 21.2 Å². The van der Waals surface area contributed by atoms with Crippen LogP contribution in [0.2, 0.25) is 0 Å². The zero-order valence-corrected chi connectivity index (χ0v) is 21.6. The lowest BCUT2D eigenvalue weighted by Gasteiger charge is -2.35. The molecular weight excluding hydrogens is 456 g/mol. The molecule has 1 aromatic carbocycles. The van der Waals surface area contributed by atoms with Crippen molar-refractivity contribution in [2.24, 2.45) is 11.8 Å².